The molecule has 1 aliphatic carbocycles. The van der Waals surface area contributed by atoms with Crippen molar-refractivity contribution in [1.82, 2.24) is 15.0 Å². The van der Waals surface area contributed by atoms with Gasteiger partial charge < -0.3 is 14.3 Å². The van der Waals surface area contributed by atoms with Crippen LogP contribution in [0.5, 0.6) is 0 Å². The topological polar surface area (TPSA) is 49.6 Å². The van der Waals surface area contributed by atoms with Crippen LogP contribution in [0.25, 0.3) is 0 Å². The molecule has 0 spiro atoms. The fraction of sp³-hybridized carbons (Fsp3) is 0.636. The van der Waals surface area contributed by atoms with E-state index in [4.69, 9.17) is 4.52 Å². The molecule has 0 aromatic carbocycles. The van der Waals surface area contributed by atoms with Gasteiger partial charge in [-0.15, -0.1) is 0 Å². The van der Waals surface area contributed by atoms with Crippen LogP contribution in [0.4, 0.5) is 0 Å². The summed E-state index contributed by atoms with van der Waals surface area (Å²) in [4.78, 5) is 16.1. The molecule has 2 fully saturated rings. The molecule has 1 unspecified atom stereocenters. The summed E-state index contributed by atoms with van der Waals surface area (Å²) in [5, 5.41) is 3.56. The third-order valence-corrected chi connectivity index (χ3v) is 3.68. The molecule has 3 atom stereocenters. The highest BCUT2D eigenvalue weighted by Crippen LogP contribution is 2.48. The van der Waals surface area contributed by atoms with Crippen LogP contribution in [0.15, 0.2) is 16.8 Å². The van der Waals surface area contributed by atoms with Gasteiger partial charge in [0.2, 0.25) is 5.76 Å². The summed E-state index contributed by atoms with van der Waals surface area (Å²) in [7, 11) is 4.21. The first-order chi connectivity index (χ1) is 7.68. The van der Waals surface area contributed by atoms with Crippen molar-refractivity contribution in [3.63, 3.8) is 0 Å². The lowest BCUT2D eigenvalue weighted by Crippen LogP contribution is -2.35. The Kier molecular flexibility index (Phi) is 2.04. The zero-order valence-corrected chi connectivity index (χ0v) is 9.46. The second-order valence-corrected chi connectivity index (χ2v) is 4.87. The highest BCUT2D eigenvalue weighted by Gasteiger charge is 2.57. The predicted octanol–water partition coefficient (Wildman–Crippen LogP) is 0.307. The summed E-state index contributed by atoms with van der Waals surface area (Å²) >= 11 is 0. The first-order valence-electron chi connectivity index (χ1n) is 5.55. The molecule has 16 heavy (non-hydrogen) atoms. The summed E-state index contributed by atoms with van der Waals surface area (Å²) in [6.07, 6.45) is 1.51. The summed E-state index contributed by atoms with van der Waals surface area (Å²) in [6, 6.07) is 2.29. The number of nitrogens with zero attached hydrogens (tertiary/aromatic N) is 3. The lowest BCUT2D eigenvalue weighted by molar-refractivity contribution is 0.0721. The molecule has 5 nitrogen and oxygen atoms in total. The van der Waals surface area contributed by atoms with Gasteiger partial charge in [-0.2, -0.15) is 0 Å². The molecule has 1 saturated carbocycles. The van der Waals surface area contributed by atoms with Crippen LogP contribution in [0.2, 0.25) is 0 Å². The van der Waals surface area contributed by atoms with E-state index in [9.17, 15) is 4.79 Å². The fourth-order valence-electron chi connectivity index (χ4n) is 2.91. The lowest BCUT2D eigenvalue weighted by Gasteiger charge is -2.20. The Hall–Kier alpha value is -1.36. The van der Waals surface area contributed by atoms with E-state index in [2.05, 4.69) is 24.2 Å². The molecule has 0 bridgehead atoms. The maximum absolute atomic E-state index is 11.9. The van der Waals surface area contributed by atoms with Crippen LogP contribution in [0.3, 0.4) is 0 Å². The summed E-state index contributed by atoms with van der Waals surface area (Å²) in [6.45, 7) is 1.71. The van der Waals surface area contributed by atoms with Crippen molar-refractivity contribution in [1.29, 1.82) is 0 Å². The van der Waals surface area contributed by atoms with E-state index >= 15 is 0 Å². The number of carbonyl (C=O) groups excluding carboxylic acids is 1. The molecular formula is C11H15N3O2. The average Bonchev–Trinajstić information content (AvgIpc) is 2.74. The largest absolute Gasteiger partial charge is 0.351 e. The Bertz CT molecular complexity index is 389. The maximum Gasteiger partial charge on any atom is 0.292 e. The SMILES string of the molecule is CN(C)C1[C@H]2CN(C(=O)c3ccno3)C[C@@H]12. The number of fused-ring (bicyclic) bond motifs is 1. The van der Waals surface area contributed by atoms with Crippen molar-refractivity contribution in [2.24, 2.45) is 11.8 Å². The Labute approximate surface area is 94.0 Å². The van der Waals surface area contributed by atoms with E-state index in [1.165, 1.54) is 6.20 Å². The minimum absolute atomic E-state index is 0.0257. The molecule has 0 radical (unpaired) electrons. The quantitative estimate of drug-likeness (QED) is 0.721. The Morgan fingerprint density at radius 1 is 1.50 bits per heavy atom. The van der Waals surface area contributed by atoms with Gasteiger partial charge in [0, 0.05) is 25.2 Å². The molecule has 3 rings (SSSR count). The van der Waals surface area contributed by atoms with E-state index in [1.807, 2.05) is 4.90 Å². The monoisotopic (exact) mass is 221 g/mol. The van der Waals surface area contributed by atoms with Gasteiger partial charge in [0.25, 0.3) is 5.91 Å². The van der Waals surface area contributed by atoms with Crippen molar-refractivity contribution in [3.05, 3.63) is 18.0 Å². The number of piperidine rings is 1. The minimum Gasteiger partial charge on any atom is -0.351 e. The van der Waals surface area contributed by atoms with Crippen molar-refractivity contribution in [2.75, 3.05) is 27.2 Å². The molecule has 5 heteroatoms. The van der Waals surface area contributed by atoms with Gasteiger partial charge in [-0.1, -0.05) is 5.16 Å². The lowest BCUT2D eigenvalue weighted by atomic mass is 10.3. The molecule has 1 amide bonds. The van der Waals surface area contributed by atoms with E-state index in [1.54, 1.807) is 6.07 Å². The summed E-state index contributed by atoms with van der Waals surface area (Å²) in [5.74, 6) is 1.63. The van der Waals surface area contributed by atoms with Gasteiger partial charge >= 0.3 is 0 Å². The molecule has 1 aromatic heterocycles. The van der Waals surface area contributed by atoms with Gasteiger partial charge in [0.05, 0.1) is 6.20 Å². The zero-order chi connectivity index (χ0) is 11.3. The fourth-order valence-corrected chi connectivity index (χ4v) is 2.91. The molecular weight excluding hydrogens is 206 g/mol. The zero-order valence-electron chi connectivity index (χ0n) is 9.46. The molecule has 86 valence electrons. The number of carbonyl (C=O) groups is 1. The summed E-state index contributed by atoms with van der Waals surface area (Å²) in [5.41, 5.74) is 0. The Balaban J connectivity index is 1.64. The number of hydrogen-bond donors (Lipinski definition) is 0. The average molecular weight is 221 g/mol. The van der Waals surface area contributed by atoms with Crippen LogP contribution in [0, 0.1) is 11.8 Å². The number of hydrogen-bond acceptors (Lipinski definition) is 4. The van der Waals surface area contributed by atoms with Crippen LogP contribution in [-0.2, 0) is 0 Å². The third-order valence-electron chi connectivity index (χ3n) is 3.68. The first kappa shape index (κ1) is 9.84. The van der Waals surface area contributed by atoms with E-state index in [-0.39, 0.29) is 5.91 Å². The van der Waals surface area contributed by atoms with E-state index in [0.29, 0.717) is 23.6 Å². The van der Waals surface area contributed by atoms with Crippen LogP contribution < -0.4 is 0 Å². The minimum atomic E-state index is -0.0257. The standard InChI is InChI=1S/C11H15N3O2/c1-13(2)10-7-5-14(6-8(7)10)11(15)9-3-4-12-16-9/h3-4,7-8,10H,5-6H2,1-2H3/t7-,8+,10?. The van der Waals surface area contributed by atoms with Crippen molar-refractivity contribution in [2.45, 2.75) is 6.04 Å². The van der Waals surface area contributed by atoms with Crippen molar-refractivity contribution >= 4 is 5.91 Å². The number of likely N-dealkylation sites (tertiary alicyclic amines) is 1. The van der Waals surface area contributed by atoms with Crippen LogP contribution in [0.1, 0.15) is 10.6 Å². The van der Waals surface area contributed by atoms with Gasteiger partial charge in [0.1, 0.15) is 0 Å². The Morgan fingerprint density at radius 3 is 2.69 bits per heavy atom. The smallest absolute Gasteiger partial charge is 0.292 e. The van der Waals surface area contributed by atoms with Crippen molar-refractivity contribution in [3.8, 4) is 0 Å². The molecule has 2 heterocycles. The van der Waals surface area contributed by atoms with Gasteiger partial charge in [-0.25, -0.2) is 0 Å². The van der Waals surface area contributed by atoms with E-state index in [0.717, 1.165) is 13.1 Å². The Morgan fingerprint density at radius 2 is 2.19 bits per heavy atom. The first-order valence-corrected chi connectivity index (χ1v) is 5.55. The third kappa shape index (κ3) is 1.35. The molecule has 0 N–H and O–H groups in total. The number of amides is 1. The molecule has 1 aromatic rings. The highest BCUT2D eigenvalue weighted by molar-refractivity contribution is 5.91. The number of rotatable bonds is 2. The predicted molar refractivity (Wildman–Crippen MR) is 56.9 cm³/mol. The normalized spacial score (nSPS) is 31.9. The maximum atomic E-state index is 11.9. The van der Waals surface area contributed by atoms with Gasteiger partial charge in [-0.05, 0) is 25.9 Å². The van der Waals surface area contributed by atoms with E-state index < -0.39 is 0 Å². The van der Waals surface area contributed by atoms with Gasteiger partial charge in [0.15, 0.2) is 0 Å². The second-order valence-electron chi connectivity index (χ2n) is 4.87. The highest BCUT2D eigenvalue weighted by atomic mass is 16.5. The summed E-state index contributed by atoms with van der Waals surface area (Å²) < 4.78 is 4.88. The van der Waals surface area contributed by atoms with Crippen molar-refractivity contribution < 1.29 is 9.32 Å². The second kappa shape index (κ2) is 3.31. The molecule has 2 aliphatic rings. The van der Waals surface area contributed by atoms with Crippen LogP contribution >= 0.6 is 0 Å². The molecule has 1 saturated heterocycles. The molecule has 1 aliphatic heterocycles. The van der Waals surface area contributed by atoms with Gasteiger partial charge in [-0.3, -0.25) is 4.79 Å². The number of aromatic nitrogens is 1. The van der Waals surface area contributed by atoms with Crippen LogP contribution in [-0.4, -0.2) is 54.1 Å².